The van der Waals surface area contributed by atoms with Gasteiger partial charge in [0.2, 0.25) is 0 Å². The fourth-order valence-electron chi connectivity index (χ4n) is 2.91. The van der Waals surface area contributed by atoms with E-state index in [1.165, 1.54) is 0 Å². The molecule has 0 aromatic heterocycles. The molecule has 1 unspecified atom stereocenters. The van der Waals surface area contributed by atoms with Crippen LogP contribution >= 0.6 is 0 Å². The predicted molar refractivity (Wildman–Crippen MR) is 73.3 cm³/mol. The summed E-state index contributed by atoms with van der Waals surface area (Å²) in [5.74, 6) is 0.131. The maximum atomic E-state index is 11.6. The van der Waals surface area contributed by atoms with E-state index in [-0.39, 0.29) is 0 Å². The Balaban J connectivity index is 2.14. The van der Waals surface area contributed by atoms with Gasteiger partial charge in [0.15, 0.2) is 0 Å². The maximum Gasteiger partial charge on any atom is 0.324 e. The molecule has 0 spiro atoms. The Morgan fingerprint density at radius 1 is 1.42 bits per heavy atom. The molecule has 104 valence electrons. The molecular weight excluding hydrogens is 242 g/mol. The minimum Gasteiger partial charge on any atom is -0.497 e. The molecule has 4 nitrogen and oxygen atoms in total. The molecular formula is C15H21NO3. The molecule has 0 saturated carbocycles. The summed E-state index contributed by atoms with van der Waals surface area (Å²) in [6.45, 7) is 3.50. The van der Waals surface area contributed by atoms with Crippen LogP contribution in [0.3, 0.4) is 0 Å². The largest absolute Gasteiger partial charge is 0.497 e. The van der Waals surface area contributed by atoms with Crippen molar-refractivity contribution < 1.29 is 14.6 Å². The van der Waals surface area contributed by atoms with Gasteiger partial charge in [0, 0.05) is 6.54 Å². The Bertz CT molecular complexity index is 443. The fourth-order valence-corrected chi connectivity index (χ4v) is 2.91. The van der Waals surface area contributed by atoms with Crippen LogP contribution in [0.15, 0.2) is 24.3 Å². The second-order valence-electron chi connectivity index (χ2n) is 5.06. The van der Waals surface area contributed by atoms with Gasteiger partial charge >= 0.3 is 5.97 Å². The van der Waals surface area contributed by atoms with Gasteiger partial charge in [0.1, 0.15) is 11.3 Å². The van der Waals surface area contributed by atoms with Gasteiger partial charge in [-0.2, -0.15) is 0 Å². The zero-order chi connectivity index (χ0) is 13.9. The Hall–Kier alpha value is -1.55. The van der Waals surface area contributed by atoms with E-state index in [0.717, 1.165) is 30.7 Å². The first kappa shape index (κ1) is 13.9. The van der Waals surface area contributed by atoms with Crippen molar-refractivity contribution >= 4 is 5.97 Å². The fraction of sp³-hybridized carbons (Fsp3) is 0.533. The molecule has 1 heterocycles. The molecule has 0 amide bonds. The highest BCUT2D eigenvalue weighted by Gasteiger charge is 2.45. The molecule has 1 saturated heterocycles. The summed E-state index contributed by atoms with van der Waals surface area (Å²) >= 11 is 0. The summed E-state index contributed by atoms with van der Waals surface area (Å²) in [6.07, 6.45) is 2.35. The third-order valence-electron chi connectivity index (χ3n) is 4.14. The second-order valence-corrected chi connectivity index (χ2v) is 5.06. The highest BCUT2D eigenvalue weighted by molar-refractivity contribution is 5.79. The van der Waals surface area contributed by atoms with Crippen LogP contribution in [0.2, 0.25) is 0 Å². The molecule has 1 aliphatic heterocycles. The van der Waals surface area contributed by atoms with Crippen LogP contribution in [0.4, 0.5) is 0 Å². The van der Waals surface area contributed by atoms with Crippen molar-refractivity contribution in [1.29, 1.82) is 0 Å². The third-order valence-corrected chi connectivity index (χ3v) is 4.14. The lowest BCUT2D eigenvalue weighted by Gasteiger charge is -2.33. The van der Waals surface area contributed by atoms with Gasteiger partial charge in [-0.15, -0.1) is 0 Å². The quantitative estimate of drug-likeness (QED) is 0.887. The summed E-state index contributed by atoms with van der Waals surface area (Å²) < 4.78 is 5.13. The van der Waals surface area contributed by atoms with Gasteiger partial charge in [-0.25, -0.2) is 0 Å². The summed E-state index contributed by atoms with van der Waals surface area (Å²) in [5, 5.41) is 9.53. The molecule has 0 aliphatic carbocycles. The average Bonchev–Trinajstić information content (AvgIpc) is 2.83. The number of likely N-dealkylation sites (tertiary alicyclic amines) is 1. The van der Waals surface area contributed by atoms with Crippen molar-refractivity contribution in [3.8, 4) is 5.75 Å². The Morgan fingerprint density at radius 3 is 2.63 bits per heavy atom. The molecule has 0 bridgehead atoms. The normalized spacial score (nSPS) is 23.5. The Morgan fingerprint density at radius 2 is 2.11 bits per heavy atom. The number of carboxylic acid groups (broad SMARTS) is 1. The lowest BCUT2D eigenvalue weighted by molar-refractivity contribution is -0.150. The molecule has 1 atom stereocenters. The summed E-state index contributed by atoms with van der Waals surface area (Å²) in [6, 6.07) is 7.83. The van der Waals surface area contributed by atoms with E-state index in [2.05, 4.69) is 4.90 Å². The molecule has 1 fully saturated rings. The number of methoxy groups -OCH3 is 1. The zero-order valence-corrected chi connectivity index (χ0v) is 11.6. The first-order valence-corrected chi connectivity index (χ1v) is 6.74. The molecule has 2 rings (SSSR count). The van der Waals surface area contributed by atoms with E-state index >= 15 is 0 Å². The van der Waals surface area contributed by atoms with Crippen LogP contribution in [-0.4, -0.2) is 35.2 Å². The molecule has 1 aliphatic rings. The minimum atomic E-state index is -0.694. The first-order chi connectivity index (χ1) is 9.12. The molecule has 1 aromatic rings. The van der Waals surface area contributed by atoms with Crippen LogP contribution in [0, 0.1) is 0 Å². The SMILES string of the molecule is CCC1(C(=O)O)CCCN1Cc1ccc(OC)cc1. The second kappa shape index (κ2) is 5.61. The van der Waals surface area contributed by atoms with Crippen LogP contribution in [0.25, 0.3) is 0 Å². The van der Waals surface area contributed by atoms with Crippen LogP contribution in [0.1, 0.15) is 31.7 Å². The van der Waals surface area contributed by atoms with E-state index in [1.54, 1.807) is 7.11 Å². The lowest BCUT2D eigenvalue weighted by Crippen LogP contribution is -2.49. The van der Waals surface area contributed by atoms with Gasteiger partial charge < -0.3 is 9.84 Å². The van der Waals surface area contributed by atoms with E-state index in [4.69, 9.17) is 4.74 Å². The summed E-state index contributed by atoms with van der Waals surface area (Å²) in [7, 11) is 1.64. The topological polar surface area (TPSA) is 49.8 Å². The third kappa shape index (κ3) is 2.59. The number of nitrogens with zero attached hydrogens (tertiary/aromatic N) is 1. The van der Waals surface area contributed by atoms with E-state index in [0.29, 0.717) is 13.0 Å². The molecule has 0 radical (unpaired) electrons. The highest BCUT2D eigenvalue weighted by Crippen LogP contribution is 2.34. The Labute approximate surface area is 114 Å². The van der Waals surface area contributed by atoms with Crippen molar-refractivity contribution in [2.24, 2.45) is 0 Å². The van der Waals surface area contributed by atoms with E-state index < -0.39 is 11.5 Å². The van der Waals surface area contributed by atoms with Gasteiger partial charge in [0.05, 0.1) is 7.11 Å². The highest BCUT2D eigenvalue weighted by atomic mass is 16.5. The van der Waals surface area contributed by atoms with Crippen molar-refractivity contribution in [2.45, 2.75) is 38.3 Å². The van der Waals surface area contributed by atoms with Crippen molar-refractivity contribution in [3.05, 3.63) is 29.8 Å². The number of aliphatic carboxylic acids is 1. The van der Waals surface area contributed by atoms with Crippen LogP contribution in [0.5, 0.6) is 5.75 Å². The summed E-state index contributed by atoms with van der Waals surface area (Å²) in [5.41, 5.74) is 0.446. The minimum absolute atomic E-state index is 0.651. The number of carbonyl (C=O) groups is 1. The number of rotatable bonds is 5. The maximum absolute atomic E-state index is 11.6. The van der Waals surface area contributed by atoms with Crippen molar-refractivity contribution in [1.82, 2.24) is 4.90 Å². The number of hydrogen-bond donors (Lipinski definition) is 1. The molecule has 19 heavy (non-hydrogen) atoms. The first-order valence-electron chi connectivity index (χ1n) is 6.74. The predicted octanol–water partition coefficient (Wildman–Crippen LogP) is 2.52. The van der Waals surface area contributed by atoms with Gasteiger partial charge in [-0.05, 0) is 43.5 Å². The Kier molecular flexibility index (Phi) is 4.10. The van der Waals surface area contributed by atoms with Crippen molar-refractivity contribution in [2.75, 3.05) is 13.7 Å². The van der Waals surface area contributed by atoms with Gasteiger partial charge in [0.25, 0.3) is 0 Å². The zero-order valence-electron chi connectivity index (χ0n) is 11.6. The monoisotopic (exact) mass is 263 g/mol. The van der Waals surface area contributed by atoms with E-state index in [9.17, 15) is 9.90 Å². The molecule has 1 aromatic carbocycles. The van der Waals surface area contributed by atoms with Gasteiger partial charge in [-0.1, -0.05) is 19.1 Å². The van der Waals surface area contributed by atoms with Crippen LogP contribution in [-0.2, 0) is 11.3 Å². The molecule has 1 N–H and O–H groups in total. The lowest BCUT2D eigenvalue weighted by atomic mass is 9.92. The number of ether oxygens (including phenoxy) is 1. The smallest absolute Gasteiger partial charge is 0.324 e. The molecule has 4 heteroatoms. The standard InChI is InChI=1S/C15H21NO3/c1-3-15(14(17)18)9-4-10-16(15)11-12-5-7-13(19-2)8-6-12/h5-8H,3-4,9-11H2,1-2H3,(H,17,18). The van der Waals surface area contributed by atoms with Crippen LogP contribution < -0.4 is 4.74 Å². The van der Waals surface area contributed by atoms with Gasteiger partial charge in [-0.3, -0.25) is 9.69 Å². The number of benzene rings is 1. The van der Waals surface area contributed by atoms with Crippen molar-refractivity contribution in [3.63, 3.8) is 0 Å². The average molecular weight is 263 g/mol. The number of hydrogen-bond acceptors (Lipinski definition) is 3. The van der Waals surface area contributed by atoms with E-state index in [1.807, 2.05) is 31.2 Å². The summed E-state index contributed by atoms with van der Waals surface area (Å²) in [4.78, 5) is 13.7. The number of carboxylic acids is 1.